The van der Waals surface area contributed by atoms with Gasteiger partial charge in [-0.25, -0.2) is 0 Å². The largest absolute Gasteiger partial charge is 0.390 e. The average molecular weight is 192 g/mol. The molecular formula is C12H16O2. The molecule has 0 amide bonds. The van der Waals surface area contributed by atoms with Gasteiger partial charge in [0.25, 0.3) is 0 Å². The molecule has 2 heteroatoms. The minimum absolute atomic E-state index is 0.120. The normalized spacial score (nSPS) is 22.9. The second kappa shape index (κ2) is 4.11. The zero-order chi connectivity index (χ0) is 9.97. The molecule has 0 radical (unpaired) electrons. The van der Waals surface area contributed by atoms with Gasteiger partial charge in [0.05, 0.1) is 12.7 Å². The Hall–Kier alpha value is -0.860. The standard InChI is InChI=1S/C12H16O2/c1-2-11(13)12-10-6-4-3-5-9(10)7-8-14-12/h3-6,11-13H,2,7-8H2,1H3. The fraction of sp³-hybridized carbons (Fsp3) is 0.500. The van der Waals surface area contributed by atoms with Crippen LogP contribution in [0.2, 0.25) is 0 Å². The molecule has 0 bridgehead atoms. The van der Waals surface area contributed by atoms with Crippen molar-refractivity contribution in [3.8, 4) is 0 Å². The number of benzene rings is 1. The molecule has 2 nitrogen and oxygen atoms in total. The second-order valence-electron chi connectivity index (χ2n) is 3.72. The predicted octanol–water partition coefficient (Wildman–Crippen LogP) is 2.07. The summed E-state index contributed by atoms with van der Waals surface area (Å²) in [6, 6.07) is 8.22. The summed E-state index contributed by atoms with van der Waals surface area (Å²) in [6.07, 6.45) is 1.20. The van der Waals surface area contributed by atoms with E-state index in [-0.39, 0.29) is 12.2 Å². The van der Waals surface area contributed by atoms with Crippen LogP contribution >= 0.6 is 0 Å². The maximum atomic E-state index is 9.80. The first-order valence-corrected chi connectivity index (χ1v) is 5.20. The molecule has 2 atom stereocenters. The van der Waals surface area contributed by atoms with Gasteiger partial charge in [0, 0.05) is 0 Å². The van der Waals surface area contributed by atoms with Crippen LogP contribution < -0.4 is 0 Å². The minimum atomic E-state index is -0.378. The van der Waals surface area contributed by atoms with Crippen molar-refractivity contribution in [3.63, 3.8) is 0 Å². The van der Waals surface area contributed by atoms with E-state index < -0.39 is 0 Å². The molecule has 2 unspecified atom stereocenters. The summed E-state index contributed by atoms with van der Waals surface area (Å²) >= 11 is 0. The van der Waals surface area contributed by atoms with Gasteiger partial charge in [-0.3, -0.25) is 0 Å². The third kappa shape index (κ3) is 1.68. The van der Waals surface area contributed by atoms with Crippen molar-refractivity contribution in [3.05, 3.63) is 35.4 Å². The molecule has 14 heavy (non-hydrogen) atoms. The van der Waals surface area contributed by atoms with E-state index in [1.165, 1.54) is 5.56 Å². The monoisotopic (exact) mass is 192 g/mol. The first kappa shape index (κ1) is 9.69. The van der Waals surface area contributed by atoms with Gasteiger partial charge >= 0.3 is 0 Å². The van der Waals surface area contributed by atoms with Crippen molar-refractivity contribution in [1.29, 1.82) is 0 Å². The first-order chi connectivity index (χ1) is 6.83. The summed E-state index contributed by atoms with van der Waals surface area (Å²) in [5.74, 6) is 0. The summed E-state index contributed by atoms with van der Waals surface area (Å²) in [7, 11) is 0. The highest BCUT2D eigenvalue weighted by atomic mass is 16.5. The van der Waals surface area contributed by atoms with Gasteiger partial charge in [0.15, 0.2) is 0 Å². The Morgan fingerprint density at radius 1 is 1.50 bits per heavy atom. The van der Waals surface area contributed by atoms with Gasteiger partial charge in [-0.1, -0.05) is 31.2 Å². The number of fused-ring (bicyclic) bond motifs is 1. The molecule has 0 aliphatic carbocycles. The molecule has 0 saturated carbocycles. The molecule has 1 N–H and O–H groups in total. The lowest BCUT2D eigenvalue weighted by Gasteiger charge is -2.29. The van der Waals surface area contributed by atoms with E-state index in [0.717, 1.165) is 25.0 Å². The fourth-order valence-corrected chi connectivity index (χ4v) is 1.96. The van der Waals surface area contributed by atoms with Crippen molar-refractivity contribution in [2.24, 2.45) is 0 Å². The second-order valence-corrected chi connectivity index (χ2v) is 3.72. The third-order valence-corrected chi connectivity index (χ3v) is 2.80. The molecule has 1 aliphatic heterocycles. The summed E-state index contributed by atoms with van der Waals surface area (Å²) in [4.78, 5) is 0. The van der Waals surface area contributed by atoms with Gasteiger partial charge in [-0.15, -0.1) is 0 Å². The van der Waals surface area contributed by atoms with Gasteiger partial charge in [-0.05, 0) is 24.0 Å². The van der Waals surface area contributed by atoms with Crippen molar-refractivity contribution in [2.75, 3.05) is 6.61 Å². The highest BCUT2D eigenvalue weighted by Gasteiger charge is 2.25. The highest BCUT2D eigenvalue weighted by molar-refractivity contribution is 5.31. The fourth-order valence-electron chi connectivity index (χ4n) is 1.96. The predicted molar refractivity (Wildman–Crippen MR) is 55.1 cm³/mol. The van der Waals surface area contributed by atoms with Crippen LogP contribution in [0.3, 0.4) is 0 Å². The molecule has 0 fully saturated rings. The molecule has 1 aromatic carbocycles. The van der Waals surface area contributed by atoms with Crippen LogP contribution in [0, 0.1) is 0 Å². The van der Waals surface area contributed by atoms with E-state index in [2.05, 4.69) is 12.1 Å². The summed E-state index contributed by atoms with van der Waals surface area (Å²) in [5, 5.41) is 9.80. The van der Waals surface area contributed by atoms with Crippen molar-refractivity contribution >= 4 is 0 Å². The smallest absolute Gasteiger partial charge is 0.109 e. The Bertz CT molecular complexity index is 309. The maximum Gasteiger partial charge on any atom is 0.109 e. The van der Waals surface area contributed by atoms with Crippen LogP contribution in [-0.4, -0.2) is 17.8 Å². The minimum Gasteiger partial charge on any atom is -0.390 e. The SMILES string of the molecule is CCC(O)C1OCCc2ccccc21. The van der Waals surface area contributed by atoms with E-state index in [1.807, 2.05) is 19.1 Å². The lowest BCUT2D eigenvalue weighted by Crippen LogP contribution is -2.26. The molecule has 0 saturated heterocycles. The third-order valence-electron chi connectivity index (χ3n) is 2.80. The molecular weight excluding hydrogens is 176 g/mol. The number of hydrogen-bond acceptors (Lipinski definition) is 2. The molecule has 0 spiro atoms. The molecule has 1 heterocycles. The van der Waals surface area contributed by atoms with E-state index in [4.69, 9.17) is 4.74 Å². The van der Waals surface area contributed by atoms with Gasteiger partial charge in [0.2, 0.25) is 0 Å². The molecule has 1 aromatic rings. The van der Waals surface area contributed by atoms with Crippen LogP contribution in [0.15, 0.2) is 24.3 Å². The summed E-state index contributed by atoms with van der Waals surface area (Å²) < 4.78 is 5.61. The molecule has 1 aliphatic rings. The number of aliphatic hydroxyl groups excluding tert-OH is 1. The molecule has 0 aromatic heterocycles. The number of rotatable bonds is 2. The average Bonchev–Trinajstić information content (AvgIpc) is 2.27. The van der Waals surface area contributed by atoms with Crippen LogP contribution in [0.5, 0.6) is 0 Å². The number of aliphatic hydroxyl groups is 1. The zero-order valence-electron chi connectivity index (χ0n) is 8.44. The van der Waals surface area contributed by atoms with Crippen molar-refractivity contribution < 1.29 is 9.84 Å². The van der Waals surface area contributed by atoms with Crippen LogP contribution in [0.1, 0.15) is 30.6 Å². The van der Waals surface area contributed by atoms with E-state index in [1.54, 1.807) is 0 Å². The topological polar surface area (TPSA) is 29.5 Å². The van der Waals surface area contributed by atoms with Crippen LogP contribution in [-0.2, 0) is 11.2 Å². The Labute approximate surface area is 84.5 Å². The van der Waals surface area contributed by atoms with Gasteiger partial charge < -0.3 is 9.84 Å². The van der Waals surface area contributed by atoms with Crippen molar-refractivity contribution in [2.45, 2.75) is 32.0 Å². The van der Waals surface area contributed by atoms with E-state index >= 15 is 0 Å². The van der Waals surface area contributed by atoms with E-state index in [0.29, 0.717) is 0 Å². The highest BCUT2D eigenvalue weighted by Crippen LogP contribution is 2.30. The van der Waals surface area contributed by atoms with Crippen LogP contribution in [0.25, 0.3) is 0 Å². The lowest BCUT2D eigenvalue weighted by molar-refractivity contribution is -0.0476. The zero-order valence-corrected chi connectivity index (χ0v) is 8.44. The quantitative estimate of drug-likeness (QED) is 0.777. The molecule has 76 valence electrons. The summed E-state index contributed by atoms with van der Waals surface area (Å²) in [6.45, 7) is 2.70. The first-order valence-electron chi connectivity index (χ1n) is 5.20. The summed E-state index contributed by atoms with van der Waals surface area (Å²) in [5.41, 5.74) is 2.48. The number of ether oxygens (including phenoxy) is 1. The van der Waals surface area contributed by atoms with Gasteiger partial charge in [0.1, 0.15) is 6.10 Å². The molecule has 2 rings (SSSR count). The maximum absolute atomic E-state index is 9.80. The van der Waals surface area contributed by atoms with Crippen LogP contribution in [0.4, 0.5) is 0 Å². The van der Waals surface area contributed by atoms with Gasteiger partial charge in [-0.2, -0.15) is 0 Å². The number of hydrogen-bond donors (Lipinski definition) is 1. The Kier molecular flexibility index (Phi) is 2.85. The Morgan fingerprint density at radius 2 is 2.29 bits per heavy atom. The van der Waals surface area contributed by atoms with Crippen molar-refractivity contribution in [1.82, 2.24) is 0 Å². The van der Waals surface area contributed by atoms with E-state index in [9.17, 15) is 5.11 Å². The Balaban J connectivity index is 2.30. The lowest BCUT2D eigenvalue weighted by atomic mass is 9.94. The Morgan fingerprint density at radius 3 is 3.07 bits per heavy atom.